The molecular formula is C16H24N2O. The van der Waals surface area contributed by atoms with Crippen LogP contribution >= 0.6 is 0 Å². The predicted octanol–water partition coefficient (Wildman–Crippen LogP) is 3.72. The van der Waals surface area contributed by atoms with Crippen LogP contribution in [0.3, 0.4) is 0 Å². The van der Waals surface area contributed by atoms with E-state index < -0.39 is 0 Å². The van der Waals surface area contributed by atoms with E-state index in [4.69, 9.17) is 15.7 Å². The molecule has 0 heterocycles. The average molecular weight is 260 g/mol. The van der Waals surface area contributed by atoms with Crippen molar-refractivity contribution in [3.8, 4) is 11.8 Å². The molecule has 3 nitrogen and oxygen atoms in total. The van der Waals surface area contributed by atoms with Crippen molar-refractivity contribution < 1.29 is 4.74 Å². The minimum absolute atomic E-state index is 0.0360. The van der Waals surface area contributed by atoms with Gasteiger partial charge in [0.25, 0.3) is 0 Å². The molecule has 0 aliphatic carbocycles. The molecule has 0 spiro atoms. The average Bonchev–Trinajstić information content (AvgIpc) is 2.34. The van der Waals surface area contributed by atoms with Crippen molar-refractivity contribution in [2.24, 2.45) is 11.1 Å². The molecule has 0 radical (unpaired) electrons. The highest BCUT2D eigenvalue weighted by molar-refractivity contribution is 5.38. The van der Waals surface area contributed by atoms with E-state index in [0.29, 0.717) is 6.61 Å². The van der Waals surface area contributed by atoms with Crippen LogP contribution in [-0.2, 0) is 0 Å². The summed E-state index contributed by atoms with van der Waals surface area (Å²) in [5.74, 6) is 0.866. The first-order valence-corrected chi connectivity index (χ1v) is 6.76. The van der Waals surface area contributed by atoms with E-state index in [-0.39, 0.29) is 11.5 Å². The molecule has 0 aromatic heterocycles. The molecule has 0 aliphatic heterocycles. The summed E-state index contributed by atoms with van der Waals surface area (Å²) < 4.78 is 5.83. The van der Waals surface area contributed by atoms with Crippen LogP contribution in [0.2, 0.25) is 0 Å². The Bertz CT molecular complexity index is 458. The molecule has 1 atom stereocenters. The molecule has 3 heteroatoms. The van der Waals surface area contributed by atoms with Crippen LogP contribution in [0.5, 0.6) is 5.75 Å². The van der Waals surface area contributed by atoms with Crippen LogP contribution in [0.1, 0.15) is 50.8 Å². The van der Waals surface area contributed by atoms with Gasteiger partial charge in [-0.3, -0.25) is 0 Å². The summed E-state index contributed by atoms with van der Waals surface area (Å²) >= 11 is 0. The van der Waals surface area contributed by atoms with Crippen LogP contribution < -0.4 is 10.5 Å². The number of hydrogen-bond acceptors (Lipinski definition) is 3. The molecule has 0 amide bonds. The molecule has 104 valence electrons. The van der Waals surface area contributed by atoms with Crippen LogP contribution in [0, 0.1) is 23.7 Å². The molecule has 0 aliphatic rings. The normalized spacial score (nSPS) is 12.8. The van der Waals surface area contributed by atoms with Crippen molar-refractivity contribution in [2.45, 2.75) is 46.6 Å². The van der Waals surface area contributed by atoms with Crippen molar-refractivity contribution in [3.05, 3.63) is 29.3 Å². The molecule has 0 bridgehead atoms. The molecule has 1 aromatic carbocycles. The van der Waals surface area contributed by atoms with E-state index in [0.717, 1.165) is 29.7 Å². The number of aryl methyl sites for hydroxylation is 1. The third kappa shape index (κ3) is 4.92. The summed E-state index contributed by atoms with van der Waals surface area (Å²) in [5.41, 5.74) is 7.85. The van der Waals surface area contributed by atoms with Gasteiger partial charge in [0.05, 0.1) is 18.1 Å². The van der Waals surface area contributed by atoms with E-state index in [2.05, 4.69) is 6.07 Å². The summed E-state index contributed by atoms with van der Waals surface area (Å²) in [6, 6.07) is 8.36. The lowest BCUT2D eigenvalue weighted by atomic mass is 9.90. The second-order valence-corrected chi connectivity index (χ2v) is 5.78. The fraction of sp³-hybridized carbons (Fsp3) is 0.562. The second kappa shape index (κ2) is 6.58. The van der Waals surface area contributed by atoms with Crippen molar-refractivity contribution in [1.82, 2.24) is 0 Å². The SMILES string of the molecule is Cc1ccc(C(C)N)c(OCCCC(C)(C)C#N)c1. The maximum atomic E-state index is 8.96. The molecule has 19 heavy (non-hydrogen) atoms. The van der Waals surface area contributed by atoms with Gasteiger partial charge in [0.15, 0.2) is 0 Å². The first-order valence-electron chi connectivity index (χ1n) is 6.76. The highest BCUT2D eigenvalue weighted by Crippen LogP contribution is 2.26. The van der Waals surface area contributed by atoms with E-state index in [9.17, 15) is 0 Å². The topological polar surface area (TPSA) is 59.0 Å². The van der Waals surface area contributed by atoms with E-state index in [1.165, 1.54) is 0 Å². The van der Waals surface area contributed by atoms with Gasteiger partial charge in [-0.15, -0.1) is 0 Å². The summed E-state index contributed by atoms with van der Waals surface area (Å²) in [6.07, 6.45) is 1.70. The Hall–Kier alpha value is -1.53. The van der Waals surface area contributed by atoms with Gasteiger partial charge in [-0.05, 0) is 52.2 Å². The van der Waals surface area contributed by atoms with E-state index >= 15 is 0 Å². The quantitative estimate of drug-likeness (QED) is 0.793. The lowest BCUT2D eigenvalue weighted by Crippen LogP contribution is -2.12. The highest BCUT2D eigenvalue weighted by Gasteiger charge is 2.16. The van der Waals surface area contributed by atoms with Gasteiger partial charge >= 0.3 is 0 Å². The van der Waals surface area contributed by atoms with Gasteiger partial charge in [-0.1, -0.05) is 12.1 Å². The van der Waals surface area contributed by atoms with Crippen LogP contribution in [0.4, 0.5) is 0 Å². The molecule has 0 saturated carbocycles. The molecule has 2 N–H and O–H groups in total. The first-order chi connectivity index (χ1) is 8.85. The van der Waals surface area contributed by atoms with Crippen molar-refractivity contribution in [3.63, 3.8) is 0 Å². The van der Waals surface area contributed by atoms with Crippen LogP contribution in [0.25, 0.3) is 0 Å². The molecule has 1 aromatic rings. The van der Waals surface area contributed by atoms with Gasteiger partial charge in [0.1, 0.15) is 5.75 Å². The highest BCUT2D eigenvalue weighted by atomic mass is 16.5. The Kier molecular flexibility index (Phi) is 5.38. The maximum absolute atomic E-state index is 8.96. The molecular weight excluding hydrogens is 236 g/mol. The largest absolute Gasteiger partial charge is 0.493 e. The number of nitrogens with zero attached hydrogens (tertiary/aromatic N) is 1. The Morgan fingerprint density at radius 1 is 1.42 bits per heavy atom. The molecule has 1 unspecified atom stereocenters. The van der Waals surface area contributed by atoms with Crippen molar-refractivity contribution in [2.75, 3.05) is 6.61 Å². The lowest BCUT2D eigenvalue weighted by Gasteiger charge is -2.17. The summed E-state index contributed by atoms with van der Waals surface area (Å²) in [5, 5.41) is 8.96. The third-order valence-corrected chi connectivity index (χ3v) is 3.17. The minimum atomic E-state index is -0.278. The Labute approximate surface area is 116 Å². The predicted molar refractivity (Wildman–Crippen MR) is 77.9 cm³/mol. The smallest absolute Gasteiger partial charge is 0.124 e. The fourth-order valence-corrected chi connectivity index (χ4v) is 1.89. The lowest BCUT2D eigenvalue weighted by molar-refractivity contribution is 0.281. The molecule has 0 fully saturated rings. The number of benzene rings is 1. The Morgan fingerprint density at radius 3 is 2.68 bits per heavy atom. The van der Waals surface area contributed by atoms with Crippen LogP contribution in [0.15, 0.2) is 18.2 Å². The van der Waals surface area contributed by atoms with E-state index in [1.54, 1.807) is 0 Å². The molecule has 0 saturated heterocycles. The number of nitriles is 1. The van der Waals surface area contributed by atoms with Gasteiger partial charge in [0.2, 0.25) is 0 Å². The summed E-state index contributed by atoms with van der Waals surface area (Å²) in [4.78, 5) is 0. The Morgan fingerprint density at radius 2 is 2.11 bits per heavy atom. The monoisotopic (exact) mass is 260 g/mol. The number of nitrogens with two attached hydrogens (primary N) is 1. The van der Waals surface area contributed by atoms with Gasteiger partial charge in [-0.2, -0.15) is 5.26 Å². The third-order valence-electron chi connectivity index (χ3n) is 3.17. The zero-order chi connectivity index (χ0) is 14.5. The van der Waals surface area contributed by atoms with E-state index in [1.807, 2.05) is 45.9 Å². The van der Waals surface area contributed by atoms with Gasteiger partial charge < -0.3 is 10.5 Å². The number of rotatable bonds is 6. The fourth-order valence-electron chi connectivity index (χ4n) is 1.89. The minimum Gasteiger partial charge on any atom is -0.493 e. The maximum Gasteiger partial charge on any atom is 0.124 e. The number of hydrogen-bond donors (Lipinski definition) is 1. The van der Waals surface area contributed by atoms with Gasteiger partial charge in [0, 0.05) is 11.6 Å². The summed E-state index contributed by atoms with van der Waals surface area (Å²) in [6.45, 7) is 8.52. The van der Waals surface area contributed by atoms with Crippen molar-refractivity contribution in [1.29, 1.82) is 5.26 Å². The summed E-state index contributed by atoms with van der Waals surface area (Å²) in [7, 11) is 0. The molecule has 1 rings (SSSR count). The zero-order valence-electron chi connectivity index (χ0n) is 12.4. The standard InChI is InChI=1S/C16H24N2O/c1-12-6-7-14(13(2)18)15(10-12)19-9-5-8-16(3,4)11-17/h6-7,10,13H,5,8-9,18H2,1-4H3. The van der Waals surface area contributed by atoms with Crippen LogP contribution in [-0.4, -0.2) is 6.61 Å². The second-order valence-electron chi connectivity index (χ2n) is 5.78. The van der Waals surface area contributed by atoms with Crippen molar-refractivity contribution >= 4 is 0 Å². The number of ether oxygens (including phenoxy) is 1. The van der Waals surface area contributed by atoms with Gasteiger partial charge in [-0.25, -0.2) is 0 Å². The first kappa shape index (κ1) is 15.5. The zero-order valence-corrected chi connectivity index (χ0v) is 12.4. The Balaban J connectivity index is 2.58.